The Morgan fingerprint density at radius 1 is 1.14 bits per heavy atom. The van der Waals surface area contributed by atoms with Gasteiger partial charge in [-0.25, -0.2) is 0 Å². The van der Waals surface area contributed by atoms with Crippen molar-refractivity contribution in [2.45, 2.75) is 20.0 Å². The maximum Gasteiger partial charge on any atom is 0.293 e. The molecule has 0 atom stereocenters. The average Bonchev–Trinajstić information content (AvgIpc) is 2.95. The minimum absolute atomic E-state index is 0.232. The number of carbonyl (C=O) groups excluding carboxylic acids is 2. The molecule has 1 aliphatic heterocycles. The Labute approximate surface area is 173 Å². The van der Waals surface area contributed by atoms with Crippen molar-refractivity contribution in [3.05, 3.63) is 63.5 Å². The van der Waals surface area contributed by atoms with Crippen molar-refractivity contribution in [3.63, 3.8) is 0 Å². The monoisotopic (exact) mass is 417 g/mol. The van der Waals surface area contributed by atoms with Gasteiger partial charge in [-0.2, -0.15) is 0 Å². The quantitative estimate of drug-likeness (QED) is 0.566. The van der Waals surface area contributed by atoms with Gasteiger partial charge in [-0.05, 0) is 48.0 Å². The summed E-state index contributed by atoms with van der Waals surface area (Å²) >= 11 is 7.11. The second-order valence-corrected chi connectivity index (χ2v) is 7.52. The van der Waals surface area contributed by atoms with E-state index in [9.17, 15) is 9.59 Å². The molecule has 146 valence electrons. The molecule has 2 amide bonds. The van der Waals surface area contributed by atoms with Gasteiger partial charge in [-0.3, -0.25) is 14.5 Å². The van der Waals surface area contributed by atoms with Crippen LogP contribution in [0.1, 0.15) is 24.5 Å². The largest absolute Gasteiger partial charge is 0.493 e. The smallest absolute Gasteiger partial charge is 0.293 e. The fourth-order valence-corrected chi connectivity index (χ4v) is 3.79. The van der Waals surface area contributed by atoms with Crippen LogP contribution >= 0.6 is 23.4 Å². The predicted molar refractivity (Wildman–Crippen MR) is 112 cm³/mol. The third-order valence-electron chi connectivity index (χ3n) is 4.15. The van der Waals surface area contributed by atoms with E-state index in [2.05, 4.69) is 0 Å². The zero-order valence-electron chi connectivity index (χ0n) is 15.6. The van der Waals surface area contributed by atoms with Gasteiger partial charge in [-0.1, -0.05) is 42.8 Å². The SMILES string of the molecule is CCCN1C(=O)S/C(=C\c2ccc(OCc3ccccc3Cl)c(OC)c2)C1=O. The normalized spacial score (nSPS) is 15.4. The minimum Gasteiger partial charge on any atom is -0.493 e. The van der Waals surface area contributed by atoms with Crippen molar-refractivity contribution in [1.82, 2.24) is 4.90 Å². The minimum atomic E-state index is -0.255. The average molecular weight is 418 g/mol. The molecule has 2 aromatic rings. The zero-order chi connectivity index (χ0) is 20.1. The van der Waals surface area contributed by atoms with Crippen molar-refractivity contribution in [2.75, 3.05) is 13.7 Å². The summed E-state index contributed by atoms with van der Waals surface area (Å²) in [5.41, 5.74) is 1.63. The summed E-state index contributed by atoms with van der Waals surface area (Å²) in [5, 5.41) is 0.408. The molecule has 0 aliphatic carbocycles. The molecule has 3 rings (SSSR count). The van der Waals surface area contributed by atoms with E-state index in [-0.39, 0.29) is 11.1 Å². The standard InChI is InChI=1S/C21H20ClNO4S/c1-3-10-23-20(24)19(28-21(23)25)12-14-8-9-17(18(11-14)26-2)27-13-15-6-4-5-7-16(15)22/h4-9,11-12H,3,10,13H2,1-2H3/b19-12-. The van der Waals surface area contributed by atoms with Crippen LogP contribution < -0.4 is 9.47 Å². The Morgan fingerprint density at radius 3 is 2.64 bits per heavy atom. The molecule has 7 heteroatoms. The molecule has 0 radical (unpaired) electrons. The first-order valence-corrected chi connectivity index (χ1v) is 10.0. The van der Waals surface area contributed by atoms with Crippen LogP contribution in [-0.2, 0) is 11.4 Å². The molecule has 0 spiro atoms. The lowest BCUT2D eigenvalue weighted by atomic mass is 10.1. The summed E-state index contributed by atoms with van der Waals surface area (Å²) in [4.78, 5) is 26.0. The highest BCUT2D eigenvalue weighted by molar-refractivity contribution is 8.18. The van der Waals surface area contributed by atoms with Crippen LogP contribution in [0.15, 0.2) is 47.4 Å². The molecular formula is C21H20ClNO4S. The Kier molecular flexibility index (Phi) is 6.65. The van der Waals surface area contributed by atoms with E-state index in [0.717, 1.165) is 29.3 Å². The molecule has 5 nitrogen and oxygen atoms in total. The van der Waals surface area contributed by atoms with Gasteiger partial charge < -0.3 is 9.47 Å². The van der Waals surface area contributed by atoms with Crippen molar-refractivity contribution < 1.29 is 19.1 Å². The topological polar surface area (TPSA) is 55.8 Å². The molecule has 1 saturated heterocycles. The summed E-state index contributed by atoms with van der Waals surface area (Å²) in [7, 11) is 1.55. The highest BCUT2D eigenvalue weighted by Crippen LogP contribution is 2.35. The summed E-state index contributed by atoms with van der Waals surface area (Å²) in [6.45, 7) is 2.67. The lowest BCUT2D eigenvalue weighted by Gasteiger charge is -2.12. The van der Waals surface area contributed by atoms with Crippen LogP contribution in [0.3, 0.4) is 0 Å². The lowest BCUT2D eigenvalue weighted by molar-refractivity contribution is -0.122. The Balaban J connectivity index is 1.77. The Morgan fingerprint density at radius 2 is 1.93 bits per heavy atom. The summed E-state index contributed by atoms with van der Waals surface area (Å²) in [6.07, 6.45) is 2.43. The molecule has 1 aliphatic rings. The van der Waals surface area contributed by atoms with Gasteiger partial charge in [-0.15, -0.1) is 0 Å². The van der Waals surface area contributed by atoms with Crippen LogP contribution in [0.25, 0.3) is 6.08 Å². The number of imide groups is 1. The van der Waals surface area contributed by atoms with Crippen LogP contribution in [-0.4, -0.2) is 29.7 Å². The highest BCUT2D eigenvalue weighted by Gasteiger charge is 2.34. The maximum absolute atomic E-state index is 12.4. The molecule has 2 aromatic carbocycles. The molecule has 0 bridgehead atoms. The van der Waals surface area contributed by atoms with Gasteiger partial charge in [0.2, 0.25) is 0 Å². The van der Waals surface area contributed by atoms with Gasteiger partial charge in [0.1, 0.15) is 6.61 Å². The molecule has 28 heavy (non-hydrogen) atoms. The molecule has 0 unspecified atom stereocenters. The lowest BCUT2D eigenvalue weighted by Crippen LogP contribution is -2.28. The molecule has 0 saturated carbocycles. The fourth-order valence-electron chi connectivity index (χ4n) is 2.73. The summed E-state index contributed by atoms with van der Waals surface area (Å²) < 4.78 is 11.3. The predicted octanol–water partition coefficient (Wildman–Crippen LogP) is 5.37. The Hall–Kier alpha value is -2.44. The van der Waals surface area contributed by atoms with Crippen LogP contribution in [0.2, 0.25) is 5.02 Å². The number of hydrogen-bond acceptors (Lipinski definition) is 5. The second-order valence-electron chi connectivity index (χ2n) is 6.12. The van der Waals surface area contributed by atoms with E-state index in [4.69, 9.17) is 21.1 Å². The number of methoxy groups -OCH3 is 1. The van der Waals surface area contributed by atoms with E-state index >= 15 is 0 Å². The molecule has 0 N–H and O–H groups in total. The highest BCUT2D eigenvalue weighted by atomic mass is 35.5. The second kappa shape index (κ2) is 9.17. The fraction of sp³-hybridized carbons (Fsp3) is 0.238. The van der Waals surface area contributed by atoms with Gasteiger partial charge >= 0.3 is 0 Å². The summed E-state index contributed by atoms with van der Waals surface area (Å²) in [5.74, 6) is 0.849. The van der Waals surface area contributed by atoms with E-state index in [1.54, 1.807) is 25.3 Å². The van der Waals surface area contributed by atoms with Crippen molar-refractivity contribution >= 4 is 40.6 Å². The zero-order valence-corrected chi connectivity index (χ0v) is 17.2. The number of nitrogens with zero attached hydrogens (tertiary/aromatic N) is 1. The third-order valence-corrected chi connectivity index (χ3v) is 5.42. The van der Waals surface area contributed by atoms with E-state index < -0.39 is 0 Å². The third kappa shape index (κ3) is 4.51. The maximum atomic E-state index is 12.4. The van der Waals surface area contributed by atoms with Crippen molar-refractivity contribution in [1.29, 1.82) is 0 Å². The van der Waals surface area contributed by atoms with E-state index in [1.807, 2.05) is 37.3 Å². The molecule has 1 heterocycles. The van der Waals surface area contributed by atoms with Gasteiger partial charge in [0.25, 0.3) is 11.1 Å². The van der Waals surface area contributed by atoms with Crippen LogP contribution in [0, 0.1) is 0 Å². The number of hydrogen-bond donors (Lipinski definition) is 0. The Bertz CT molecular complexity index is 928. The number of benzene rings is 2. The van der Waals surface area contributed by atoms with Gasteiger partial charge in [0.15, 0.2) is 11.5 Å². The molecule has 0 aromatic heterocycles. The van der Waals surface area contributed by atoms with Crippen molar-refractivity contribution in [2.24, 2.45) is 0 Å². The number of ether oxygens (including phenoxy) is 2. The summed E-state index contributed by atoms with van der Waals surface area (Å²) in [6, 6.07) is 12.8. The first kappa shape index (κ1) is 20.3. The number of amides is 2. The van der Waals surface area contributed by atoms with Crippen LogP contribution in [0.5, 0.6) is 11.5 Å². The number of halogens is 1. The van der Waals surface area contributed by atoms with E-state index in [0.29, 0.717) is 34.6 Å². The molecule has 1 fully saturated rings. The van der Waals surface area contributed by atoms with Gasteiger partial charge in [0, 0.05) is 17.1 Å². The number of carbonyl (C=O) groups is 2. The van der Waals surface area contributed by atoms with Gasteiger partial charge in [0.05, 0.1) is 12.0 Å². The van der Waals surface area contributed by atoms with E-state index in [1.165, 1.54) is 4.90 Å². The van der Waals surface area contributed by atoms with Crippen LogP contribution in [0.4, 0.5) is 4.79 Å². The van der Waals surface area contributed by atoms with Crippen molar-refractivity contribution in [3.8, 4) is 11.5 Å². The number of rotatable bonds is 7. The number of thioether (sulfide) groups is 1. The first-order valence-electron chi connectivity index (χ1n) is 8.83. The molecular weight excluding hydrogens is 398 g/mol. The first-order chi connectivity index (χ1) is 13.5.